The molecule has 3 heteroatoms. The standard InChI is InChI=1S/C15H20F2O/c1-10-7-14(2,3)9-15(18,8-10)11-4-5-12(16)13(17)6-11/h4-6,10,18H,7-9H2,1-3H3. The zero-order valence-corrected chi connectivity index (χ0v) is 11.1. The molecule has 0 spiro atoms. The van der Waals surface area contributed by atoms with Crippen molar-refractivity contribution in [2.45, 2.75) is 45.6 Å². The largest absolute Gasteiger partial charge is 0.385 e. The van der Waals surface area contributed by atoms with Crippen LogP contribution in [-0.2, 0) is 5.60 Å². The summed E-state index contributed by atoms with van der Waals surface area (Å²) in [5.74, 6) is -1.39. The summed E-state index contributed by atoms with van der Waals surface area (Å²) >= 11 is 0. The lowest BCUT2D eigenvalue weighted by atomic mass is 9.64. The smallest absolute Gasteiger partial charge is 0.159 e. The van der Waals surface area contributed by atoms with Crippen LogP contribution in [0.15, 0.2) is 18.2 Å². The molecule has 0 aliphatic heterocycles. The minimum atomic E-state index is -1.05. The maximum atomic E-state index is 13.3. The van der Waals surface area contributed by atoms with Crippen molar-refractivity contribution in [2.75, 3.05) is 0 Å². The van der Waals surface area contributed by atoms with E-state index in [2.05, 4.69) is 20.8 Å². The van der Waals surface area contributed by atoms with Gasteiger partial charge in [-0.3, -0.25) is 0 Å². The zero-order valence-electron chi connectivity index (χ0n) is 11.1. The number of aliphatic hydroxyl groups is 1. The third-order valence-electron chi connectivity index (χ3n) is 3.82. The molecule has 1 fully saturated rings. The third-order valence-corrected chi connectivity index (χ3v) is 3.82. The maximum absolute atomic E-state index is 13.3. The highest BCUT2D eigenvalue weighted by molar-refractivity contribution is 5.25. The summed E-state index contributed by atoms with van der Waals surface area (Å²) in [6.45, 7) is 6.30. The Balaban J connectivity index is 2.37. The first-order chi connectivity index (χ1) is 8.22. The van der Waals surface area contributed by atoms with Crippen molar-refractivity contribution < 1.29 is 13.9 Å². The summed E-state index contributed by atoms with van der Waals surface area (Å²) in [4.78, 5) is 0. The van der Waals surface area contributed by atoms with Crippen LogP contribution in [0.5, 0.6) is 0 Å². The fraction of sp³-hybridized carbons (Fsp3) is 0.600. The average molecular weight is 254 g/mol. The van der Waals surface area contributed by atoms with E-state index in [-0.39, 0.29) is 5.41 Å². The van der Waals surface area contributed by atoms with Crippen molar-refractivity contribution in [2.24, 2.45) is 11.3 Å². The van der Waals surface area contributed by atoms with Crippen molar-refractivity contribution in [1.82, 2.24) is 0 Å². The molecule has 0 aromatic heterocycles. The topological polar surface area (TPSA) is 20.2 Å². The Kier molecular flexibility index (Phi) is 3.22. The van der Waals surface area contributed by atoms with Crippen molar-refractivity contribution >= 4 is 0 Å². The van der Waals surface area contributed by atoms with Crippen molar-refractivity contribution in [3.8, 4) is 0 Å². The Morgan fingerprint density at radius 3 is 2.39 bits per heavy atom. The van der Waals surface area contributed by atoms with Gasteiger partial charge in [-0.05, 0) is 48.3 Å². The Bertz CT molecular complexity index is 456. The molecule has 0 heterocycles. The number of benzene rings is 1. The Morgan fingerprint density at radius 2 is 1.83 bits per heavy atom. The molecule has 1 nitrogen and oxygen atoms in total. The van der Waals surface area contributed by atoms with Crippen LogP contribution in [0.3, 0.4) is 0 Å². The fourth-order valence-corrected chi connectivity index (χ4v) is 3.53. The lowest BCUT2D eigenvalue weighted by Crippen LogP contribution is -2.40. The Hall–Kier alpha value is -0.960. The van der Waals surface area contributed by atoms with Gasteiger partial charge in [-0.25, -0.2) is 8.78 Å². The molecule has 0 radical (unpaired) electrons. The monoisotopic (exact) mass is 254 g/mol. The molecule has 100 valence electrons. The lowest BCUT2D eigenvalue weighted by molar-refractivity contribution is -0.0637. The zero-order chi connectivity index (χ0) is 13.6. The summed E-state index contributed by atoms with van der Waals surface area (Å²) in [7, 11) is 0. The molecular weight excluding hydrogens is 234 g/mol. The second-order valence-corrected chi connectivity index (χ2v) is 6.51. The first-order valence-electron chi connectivity index (χ1n) is 6.40. The van der Waals surface area contributed by atoms with E-state index in [9.17, 15) is 13.9 Å². The first-order valence-corrected chi connectivity index (χ1v) is 6.40. The molecule has 1 aromatic carbocycles. The van der Waals surface area contributed by atoms with Gasteiger partial charge in [-0.1, -0.05) is 26.8 Å². The van der Waals surface area contributed by atoms with Crippen molar-refractivity contribution in [3.63, 3.8) is 0 Å². The summed E-state index contributed by atoms with van der Waals surface area (Å²) in [5, 5.41) is 10.8. The molecule has 0 saturated heterocycles. The summed E-state index contributed by atoms with van der Waals surface area (Å²) < 4.78 is 26.3. The van der Waals surface area contributed by atoms with Crippen molar-refractivity contribution in [1.29, 1.82) is 0 Å². The van der Waals surface area contributed by atoms with E-state index in [1.54, 1.807) is 0 Å². The molecule has 1 saturated carbocycles. The van der Waals surface area contributed by atoms with Gasteiger partial charge >= 0.3 is 0 Å². The minimum absolute atomic E-state index is 0.0112. The van der Waals surface area contributed by atoms with Crippen molar-refractivity contribution in [3.05, 3.63) is 35.4 Å². The molecule has 2 rings (SSSR count). The summed E-state index contributed by atoms with van der Waals surface area (Å²) in [6, 6.07) is 3.71. The van der Waals surface area contributed by atoms with E-state index in [4.69, 9.17) is 0 Å². The van der Waals surface area contributed by atoms with E-state index >= 15 is 0 Å². The van der Waals surface area contributed by atoms with E-state index < -0.39 is 17.2 Å². The van der Waals surface area contributed by atoms with Crippen LogP contribution in [0, 0.1) is 23.0 Å². The van der Waals surface area contributed by atoms with Gasteiger partial charge in [0.15, 0.2) is 11.6 Å². The molecule has 2 unspecified atom stereocenters. The third kappa shape index (κ3) is 2.56. The molecule has 1 N–H and O–H groups in total. The number of halogens is 2. The van der Waals surface area contributed by atoms with E-state index in [1.165, 1.54) is 6.07 Å². The second kappa shape index (κ2) is 4.30. The molecule has 1 aromatic rings. The predicted octanol–water partition coefficient (Wildman–Crippen LogP) is 4.00. The minimum Gasteiger partial charge on any atom is -0.385 e. The van der Waals surface area contributed by atoms with Crippen LogP contribution in [0.4, 0.5) is 8.78 Å². The number of hydrogen-bond donors (Lipinski definition) is 1. The van der Waals surface area contributed by atoms with E-state index in [0.717, 1.165) is 18.6 Å². The van der Waals surface area contributed by atoms with Crippen LogP contribution in [0.25, 0.3) is 0 Å². The molecule has 18 heavy (non-hydrogen) atoms. The van der Waals surface area contributed by atoms with Gasteiger partial charge in [0, 0.05) is 0 Å². The fourth-order valence-electron chi connectivity index (χ4n) is 3.53. The highest BCUT2D eigenvalue weighted by atomic mass is 19.2. The summed E-state index contributed by atoms with van der Waals surface area (Å²) in [5.41, 5.74) is -0.548. The summed E-state index contributed by atoms with van der Waals surface area (Å²) in [6.07, 6.45) is 2.22. The van der Waals surface area contributed by atoms with Crippen LogP contribution in [-0.4, -0.2) is 5.11 Å². The van der Waals surface area contributed by atoms with Crippen LogP contribution in [0.2, 0.25) is 0 Å². The molecule has 1 aliphatic rings. The highest BCUT2D eigenvalue weighted by Gasteiger charge is 2.42. The highest BCUT2D eigenvalue weighted by Crippen LogP contribution is 2.48. The van der Waals surface area contributed by atoms with Crippen LogP contribution < -0.4 is 0 Å². The number of hydrogen-bond acceptors (Lipinski definition) is 1. The molecule has 1 aliphatic carbocycles. The predicted molar refractivity (Wildman–Crippen MR) is 67.1 cm³/mol. The normalized spacial score (nSPS) is 31.3. The van der Waals surface area contributed by atoms with Gasteiger partial charge in [0.2, 0.25) is 0 Å². The van der Waals surface area contributed by atoms with E-state index in [1.807, 2.05) is 0 Å². The molecule has 2 atom stereocenters. The average Bonchev–Trinajstić information content (AvgIpc) is 2.18. The van der Waals surface area contributed by atoms with Gasteiger partial charge in [0.25, 0.3) is 0 Å². The van der Waals surface area contributed by atoms with Gasteiger partial charge < -0.3 is 5.11 Å². The molecule has 0 bridgehead atoms. The molecule has 0 amide bonds. The first kappa shape index (κ1) is 13.5. The quantitative estimate of drug-likeness (QED) is 0.803. The van der Waals surface area contributed by atoms with Gasteiger partial charge in [-0.2, -0.15) is 0 Å². The second-order valence-electron chi connectivity index (χ2n) is 6.51. The maximum Gasteiger partial charge on any atom is 0.159 e. The Morgan fingerprint density at radius 1 is 1.17 bits per heavy atom. The lowest BCUT2D eigenvalue weighted by Gasteiger charge is -2.45. The van der Waals surface area contributed by atoms with Gasteiger partial charge in [-0.15, -0.1) is 0 Å². The van der Waals surface area contributed by atoms with Gasteiger partial charge in [0.05, 0.1) is 5.60 Å². The number of rotatable bonds is 1. The van der Waals surface area contributed by atoms with E-state index in [0.29, 0.717) is 24.3 Å². The van der Waals surface area contributed by atoms with Gasteiger partial charge in [0.1, 0.15) is 0 Å². The van der Waals surface area contributed by atoms with Crippen LogP contribution >= 0.6 is 0 Å². The van der Waals surface area contributed by atoms with Crippen LogP contribution in [0.1, 0.15) is 45.6 Å². The molecular formula is C15H20F2O. The Labute approximate surface area is 107 Å². The SMILES string of the molecule is CC1CC(C)(C)CC(O)(c2ccc(F)c(F)c2)C1.